The maximum atomic E-state index is 12.4. The molecule has 1 aromatic rings. The highest BCUT2D eigenvalue weighted by Crippen LogP contribution is 2.17. The largest absolute Gasteiger partial charge is 0.342 e. The normalized spacial score (nSPS) is 12.6. The van der Waals surface area contributed by atoms with E-state index in [1.165, 1.54) is 0 Å². The van der Waals surface area contributed by atoms with E-state index in [2.05, 4.69) is 29.8 Å². The van der Waals surface area contributed by atoms with Gasteiger partial charge in [0.05, 0.1) is 0 Å². The maximum absolute atomic E-state index is 12.4. The summed E-state index contributed by atoms with van der Waals surface area (Å²) in [5.41, 5.74) is 7.75. The zero-order valence-corrected chi connectivity index (χ0v) is 13.7. The second kappa shape index (κ2) is 7.06. The Morgan fingerprint density at radius 3 is 2.63 bits per heavy atom. The molecule has 0 aromatic heterocycles. The summed E-state index contributed by atoms with van der Waals surface area (Å²) in [7, 11) is 1.83. The molecular weight excluding hydrogens is 304 g/mol. The standard InChI is InChI=1S/C15H23BrN2O/c1-10(2)14(17)7-8-18(4)15(19)13-9-12(16)6-5-11(13)3/h5-6,9-10,14H,7-8,17H2,1-4H3. The average Bonchev–Trinajstić information content (AvgIpc) is 2.37. The summed E-state index contributed by atoms with van der Waals surface area (Å²) in [4.78, 5) is 14.1. The lowest BCUT2D eigenvalue weighted by Crippen LogP contribution is -2.34. The molecule has 1 unspecified atom stereocenters. The van der Waals surface area contributed by atoms with Crippen LogP contribution in [0.4, 0.5) is 0 Å². The Hall–Kier alpha value is -0.870. The van der Waals surface area contributed by atoms with Gasteiger partial charge in [-0.3, -0.25) is 4.79 Å². The molecule has 2 N–H and O–H groups in total. The Morgan fingerprint density at radius 1 is 1.42 bits per heavy atom. The second-order valence-electron chi connectivity index (χ2n) is 5.38. The molecule has 19 heavy (non-hydrogen) atoms. The Labute approximate surface area is 124 Å². The third-order valence-electron chi connectivity index (χ3n) is 3.43. The molecule has 0 aliphatic heterocycles. The van der Waals surface area contributed by atoms with Crippen LogP contribution < -0.4 is 5.73 Å². The molecule has 1 atom stereocenters. The third kappa shape index (κ3) is 4.62. The molecule has 0 radical (unpaired) electrons. The molecule has 0 spiro atoms. The van der Waals surface area contributed by atoms with E-state index in [-0.39, 0.29) is 11.9 Å². The Balaban J connectivity index is 2.69. The first kappa shape index (κ1) is 16.2. The molecule has 106 valence electrons. The Bertz CT molecular complexity index is 446. The minimum absolute atomic E-state index is 0.0507. The molecule has 1 amide bonds. The predicted molar refractivity (Wildman–Crippen MR) is 83.3 cm³/mol. The van der Waals surface area contributed by atoms with Crippen molar-refractivity contribution < 1.29 is 4.79 Å². The number of carbonyl (C=O) groups is 1. The van der Waals surface area contributed by atoms with Gasteiger partial charge in [0.15, 0.2) is 0 Å². The number of hydrogen-bond donors (Lipinski definition) is 1. The Morgan fingerprint density at radius 2 is 2.05 bits per heavy atom. The molecule has 1 rings (SSSR count). The third-order valence-corrected chi connectivity index (χ3v) is 3.92. The van der Waals surface area contributed by atoms with Crippen molar-refractivity contribution in [2.45, 2.75) is 33.2 Å². The SMILES string of the molecule is Cc1ccc(Br)cc1C(=O)N(C)CCC(N)C(C)C. The van der Waals surface area contributed by atoms with Crippen molar-refractivity contribution >= 4 is 21.8 Å². The number of carbonyl (C=O) groups excluding carboxylic acids is 1. The van der Waals surface area contributed by atoms with Crippen LogP contribution in [0.1, 0.15) is 36.2 Å². The van der Waals surface area contributed by atoms with Crippen molar-refractivity contribution in [2.75, 3.05) is 13.6 Å². The molecule has 4 heteroatoms. The number of benzene rings is 1. The zero-order chi connectivity index (χ0) is 14.6. The van der Waals surface area contributed by atoms with Crippen LogP contribution in [0.25, 0.3) is 0 Å². The summed E-state index contributed by atoms with van der Waals surface area (Å²) in [5.74, 6) is 0.492. The van der Waals surface area contributed by atoms with Gasteiger partial charge in [-0.25, -0.2) is 0 Å². The van der Waals surface area contributed by atoms with E-state index in [0.29, 0.717) is 12.5 Å². The smallest absolute Gasteiger partial charge is 0.253 e. The van der Waals surface area contributed by atoms with E-state index in [1.807, 2.05) is 32.2 Å². The summed E-state index contributed by atoms with van der Waals surface area (Å²) in [6.45, 7) is 6.84. The van der Waals surface area contributed by atoms with E-state index in [0.717, 1.165) is 22.0 Å². The summed E-state index contributed by atoms with van der Waals surface area (Å²) in [6.07, 6.45) is 0.826. The lowest BCUT2D eigenvalue weighted by molar-refractivity contribution is 0.0788. The molecule has 0 aliphatic carbocycles. The van der Waals surface area contributed by atoms with Crippen molar-refractivity contribution in [3.05, 3.63) is 33.8 Å². The van der Waals surface area contributed by atoms with Crippen molar-refractivity contribution in [3.8, 4) is 0 Å². The molecule has 0 saturated carbocycles. The molecule has 3 nitrogen and oxygen atoms in total. The summed E-state index contributed by atoms with van der Waals surface area (Å²) >= 11 is 3.40. The summed E-state index contributed by atoms with van der Waals surface area (Å²) in [6, 6.07) is 5.90. The summed E-state index contributed by atoms with van der Waals surface area (Å²) < 4.78 is 0.925. The minimum atomic E-state index is 0.0507. The second-order valence-corrected chi connectivity index (χ2v) is 6.30. The molecule has 1 aromatic carbocycles. The monoisotopic (exact) mass is 326 g/mol. The predicted octanol–water partition coefficient (Wildman–Crippen LogP) is 3.20. The van der Waals surface area contributed by atoms with Crippen molar-refractivity contribution in [2.24, 2.45) is 11.7 Å². The van der Waals surface area contributed by atoms with Crippen LogP contribution in [0, 0.1) is 12.8 Å². The lowest BCUT2D eigenvalue weighted by atomic mass is 10.0. The van der Waals surface area contributed by atoms with Gasteiger partial charge in [0.2, 0.25) is 0 Å². The van der Waals surface area contributed by atoms with Crippen LogP contribution in [-0.2, 0) is 0 Å². The van der Waals surface area contributed by atoms with Crippen molar-refractivity contribution in [1.82, 2.24) is 4.90 Å². The number of aryl methyl sites for hydroxylation is 1. The fourth-order valence-electron chi connectivity index (χ4n) is 1.81. The van der Waals surface area contributed by atoms with Crippen molar-refractivity contribution in [1.29, 1.82) is 0 Å². The van der Waals surface area contributed by atoms with Gasteiger partial charge in [0.25, 0.3) is 5.91 Å². The highest BCUT2D eigenvalue weighted by Gasteiger charge is 2.16. The average molecular weight is 327 g/mol. The van der Waals surface area contributed by atoms with E-state index in [4.69, 9.17) is 5.73 Å². The van der Waals surface area contributed by atoms with Gasteiger partial charge in [-0.05, 0) is 37.0 Å². The van der Waals surface area contributed by atoms with Gasteiger partial charge in [-0.2, -0.15) is 0 Å². The van der Waals surface area contributed by atoms with Gasteiger partial charge in [0.1, 0.15) is 0 Å². The van der Waals surface area contributed by atoms with E-state index >= 15 is 0 Å². The van der Waals surface area contributed by atoms with Gasteiger partial charge in [0, 0.05) is 29.7 Å². The number of halogens is 1. The van der Waals surface area contributed by atoms with Crippen LogP contribution in [0.5, 0.6) is 0 Å². The topological polar surface area (TPSA) is 46.3 Å². The first-order valence-electron chi connectivity index (χ1n) is 6.60. The van der Waals surface area contributed by atoms with Crippen LogP contribution in [0.3, 0.4) is 0 Å². The van der Waals surface area contributed by atoms with Crippen LogP contribution in [0.2, 0.25) is 0 Å². The number of hydrogen-bond acceptors (Lipinski definition) is 2. The number of nitrogens with zero attached hydrogens (tertiary/aromatic N) is 1. The highest BCUT2D eigenvalue weighted by molar-refractivity contribution is 9.10. The van der Waals surface area contributed by atoms with E-state index < -0.39 is 0 Å². The molecule has 0 saturated heterocycles. The van der Waals surface area contributed by atoms with E-state index in [9.17, 15) is 4.79 Å². The van der Waals surface area contributed by atoms with Gasteiger partial charge in [-0.15, -0.1) is 0 Å². The van der Waals surface area contributed by atoms with Crippen LogP contribution in [0.15, 0.2) is 22.7 Å². The molecule has 0 fully saturated rings. The number of amides is 1. The molecule has 0 bridgehead atoms. The quantitative estimate of drug-likeness (QED) is 0.903. The molecule has 0 heterocycles. The van der Waals surface area contributed by atoms with E-state index in [1.54, 1.807) is 4.90 Å². The number of nitrogens with two attached hydrogens (primary N) is 1. The van der Waals surface area contributed by atoms with Crippen molar-refractivity contribution in [3.63, 3.8) is 0 Å². The van der Waals surface area contributed by atoms with Crippen LogP contribution in [-0.4, -0.2) is 30.4 Å². The minimum Gasteiger partial charge on any atom is -0.342 e. The summed E-state index contributed by atoms with van der Waals surface area (Å²) in [5, 5.41) is 0. The number of rotatable bonds is 5. The van der Waals surface area contributed by atoms with Gasteiger partial charge < -0.3 is 10.6 Å². The van der Waals surface area contributed by atoms with Crippen LogP contribution >= 0.6 is 15.9 Å². The lowest BCUT2D eigenvalue weighted by Gasteiger charge is -2.22. The Kier molecular flexibility index (Phi) is 6.01. The molecular formula is C15H23BrN2O. The molecule has 0 aliphatic rings. The van der Waals surface area contributed by atoms with Gasteiger partial charge in [-0.1, -0.05) is 35.8 Å². The fourth-order valence-corrected chi connectivity index (χ4v) is 2.17. The zero-order valence-electron chi connectivity index (χ0n) is 12.1. The fraction of sp³-hybridized carbons (Fsp3) is 0.533. The first-order valence-corrected chi connectivity index (χ1v) is 7.39. The first-order chi connectivity index (χ1) is 8.82. The highest BCUT2D eigenvalue weighted by atomic mass is 79.9. The van der Waals surface area contributed by atoms with Gasteiger partial charge >= 0.3 is 0 Å². The maximum Gasteiger partial charge on any atom is 0.253 e.